The summed E-state index contributed by atoms with van der Waals surface area (Å²) >= 11 is 0. The van der Waals surface area contributed by atoms with Crippen LogP contribution in [0, 0.1) is 11.8 Å². The van der Waals surface area contributed by atoms with E-state index in [-0.39, 0.29) is 11.9 Å². The zero-order valence-electron chi connectivity index (χ0n) is 9.90. The Morgan fingerprint density at radius 3 is 3.24 bits per heavy atom. The molecule has 1 N–H and O–H groups in total. The Morgan fingerprint density at radius 1 is 1.71 bits per heavy atom. The van der Waals surface area contributed by atoms with E-state index in [9.17, 15) is 4.79 Å². The van der Waals surface area contributed by atoms with Crippen LogP contribution in [0.2, 0.25) is 0 Å². The second-order valence-electron chi connectivity index (χ2n) is 3.69. The van der Waals surface area contributed by atoms with Crippen LogP contribution in [-0.2, 0) is 4.79 Å². The number of hydrogen-bond acceptors (Lipinski definition) is 4. The quantitative estimate of drug-likeness (QED) is 0.501. The summed E-state index contributed by atoms with van der Waals surface area (Å²) in [5.74, 6) is 5.70. The van der Waals surface area contributed by atoms with E-state index in [1.165, 1.54) is 0 Å². The SMILES string of the molecule is CC#CC(=NC)C1=NN2CCNC(=O)C2C=C1. The maximum absolute atomic E-state index is 11.6. The van der Waals surface area contributed by atoms with Gasteiger partial charge in [0.25, 0.3) is 0 Å². The molecular formula is C12H14N4O. The third-order valence-corrected chi connectivity index (χ3v) is 2.61. The smallest absolute Gasteiger partial charge is 0.248 e. The van der Waals surface area contributed by atoms with E-state index in [4.69, 9.17) is 0 Å². The summed E-state index contributed by atoms with van der Waals surface area (Å²) in [6, 6.07) is -0.291. The summed E-state index contributed by atoms with van der Waals surface area (Å²) in [4.78, 5) is 15.7. The van der Waals surface area contributed by atoms with Gasteiger partial charge in [0, 0.05) is 13.6 Å². The van der Waals surface area contributed by atoms with Crippen molar-refractivity contribution in [3.05, 3.63) is 12.2 Å². The number of aliphatic imine (C=N–C) groups is 1. The molecule has 0 bridgehead atoms. The first-order valence-electron chi connectivity index (χ1n) is 5.47. The molecule has 0 saturated carbocycles. The molecule has 1 atom stereocenters. The van der Waals surface area contributed by atoms with Crippen LogP contribution in [0.15, 0.2) is 22.2 Å². The maximum Gasteiger partial charge on any atom is 0.248 e. The second-order valence-corrected chi connectivity index (χ2v) is 3.69. The Bertz CT molecular complexity index is 478. The molecule has 2 aliphatic heterocycles. The summed E-state index contributed by atoms with van der Waals surface area (Å²) in [6.45, 7) is 3.09. The molecule has 1 saturated heterocycles. The number of rotatable bonds is 1. The fourth-order valence-electron chi connectivity index (χ4n) is 1.80. The van der Waals surface area contributed by atoms with E-state index in [0.29, 0.717) is 24.5 Å². The van der Waals surface area contributed by atoms with Crippen LogP contribution in [0.4, 0.5) is 0 Å². The van der Waals surface area contributed by atoms with Crippen molar-refractivity contribution in [3.63, 3.8) is 0 Å². The van der Waals surface area contributed by atoms with E-state index < -0.39 is 0 Å². The second kappa shape index (κ2) is 4.83. The normalized spacial score (nSPS) is 23.3. The lowest BCUT2D eigenvalue weighted by molar-refractivity contribution is -0.127. The lowest BCUT2D eigenvalue weighted by Crippen LogP contribution is -2.53. The Labute approximate surface area is 100 Å². The molecule has 2 aliphatic rings. The summed E-state index contributed by atoms with van der Waals surface area (Å²) < 4.78 is 0. The first-order chi connectivity index (χ1) is 8.26. The monoisotopic (exact) mass is 230 g/mol. The fraction of sp³-hybridized carbons (Fsp3) is 0.417. The molecule has 0 aromatic heterocycles. The molecule has 0 spiro atoms. The number of carbonyl (C=O) groups is 1. The molecule has 2 heterocycles. The Hall–Kier alpha value is -2.09. The largest absolute Gasteiger partial charge is 0.352 e. The van der Waals surface area contributed by atoms with Crippen LogP contribution in [0.1, 0.15) is 6.92 Å². The zero-order chi connectivity index (χ0) is 12.3. The van der Waals surface area contributed by atoms with Crippen LogP contribution < -0.4 is 5.32 Å². The molecule has 0 radical (unpaired) electrons. The molecule has 2 rings (SSSR count). The number of fused-ring (bicyclic) bond motifs is 1. The van der Waals surface area contributed by atoms with Crippen molar-refractivity contribution in [1.82, 2.24) is 10.3 Å². The number of hydrazone groups is 1. The lowest BCUT2D eigenvalue weighted by atomic mass is 10.1. The molecule has 1 unspecified atom stereocenters. The molecule has 5 heteroatoms. The van der Waals surface area contributed by atoms with Crippen LogP contribution in [-0.4, -0.2) is 48.5 Å². The number of carbonyl (C=O) groups excluding carboxylic acids is 1. The molecule has 88 valence electrons. The topological polar surface area (TPSA) is 57.1 Å². The van der Waals surface area contributed by atoms with Crippen molar-refractivity contribution < 1.29 is 4.79 Å². The first-order valence-corrected chi connectivity index (χ1v) is 5.47. The van der Waals surface area contributed by atoms with Crippen molar-refractivity contribution in [1.29, 1.82) is 0 Å². The van der Waals surface area contributed by atoms with Crippen LogP contribution >= 0.6 is 0 Å². The standard InChI is InChI=1S/C12H14N4O/c1-3-4-9(13-2)10-5-6-11-12(17)14-7-8-16(11)15-10/h5-6,11H,7-8H2,1-2H3,(H,14,17). The highest BCUT2D eigenvalue weighted by Crippen LogP contribution is 2.12. The summed E-state index contributed by atoms with van der Waals surface area (Å²) in [7, 11) is 1.69. The van der Waals surface area contributed by atoms with Gasteiger partial charge in [0.05, 0.1) is 6.54 Å². The number of hydrogen-bond donors (Lipinski definition) is 1. The zero-order valence-corrected chi connectivity index (χ0v) is 9.90. The van der Waals surface area contributed by atoms with Crippen LogP contribution in [0.5, 0.6) is 0 Å². The van der Waals surface area contributed by atoms with Crippen molar-refractivity contribution in [3.8, 4) is 11.8 Å². The first kappa shape index (κ1) is 11.4. The third-order valence-electron chi connectivity index (χ3n) is 2.61. The number of nitrogens with zero attached hydrogens (tertiary/aromatic N) is 3. The Balaban J connectivity index is 2.25. The van der Waals surface area contributed by atoms with Gasteiger partial charge in [-0.2, -0.15) is 5.10 Å². The van der Waals surface area contributed by atoms with Gasteiger partial charge in [-0.25, -0.2) is 0 Å². The minimum absolute atomic E-state index is 0.00753. The molecule has 5 nitrogen and oxygen atoms in total. The molecule has 0 aromatic carbocycles. The lowest BCUT2D eigenvalue weighted by Gasteiger charge is -2.33. The highest BCUT2D eigenvalue weighted by molar-refractivity contribution is 6.52. The Morgan fingerprint density at radius 2 is 2.53 bits per heavy atom. The number of piperazine rings is 1. The summed E-state index contributed by atoms with van der Waals surface area (Å²) in [5.41, 5.74) is 1.36. The van der Waals surface area contributed by atoms with Crippen molar-refractivity contribution >= 4 is 17.3 Å². The van der Waals surface area contributed by atoms with Gasteiger partial charge < -0.3 is 5.32 Å². The summed E-state index contributed by atoms with van der Waals surface area (Å²) in [6.07, 6.45) is 3.64. The maximum atomic E-state index is 11.6. The third kappa shape index (κ3) is 2.21. The average molecular weight is 230 g/mol. The number of amides is 1. The minimum Gasteiger partial charge on any atom is -0.352 e. The predicted molar refractivity (Wildman–Crippen MR) is 66.9 cm³/mol. The van der Waals surface area contributed by atoms with Gasteiger partial charge in [-0.1, -0.05) is 5.92 Å². The van der Waals surface area contributed by atoms with Crippen LogP contribution in [0.25, 0.3) is 0 Å². The highest BCUT2D eigenvalue weighted by Gasteiger charge is 2.29. The summed E-state index contributed by atoms with van der Waals surface area (Å²) in [5, 5.41) is 8.99. The molecule has 17 heavy (non-hydrogen) atoms. The molecular weight excluding hydrogens is 216 g/mol. The predicted octanol–water partition coefficient (Wildman–Crippen LogP) is -0.193. The van der Waals surface area contributed by atoms with Gasteiger partial charge in [0.1, 0.15) is 17.5 Å². The van der Waals surface area contributed by atoms with E-state index in [1.54, 1.807) is 25.1 Å². The van der Waals surface area contributed by atoms with Gasteiger partial charge in [0.15, 0.2) is 0 Å². The van der Waals surface area contributed by atoms with Gasteiger partial charge in [-0.15, -0.1) is 0 Å². The van der Waals surface area contributed by atoms with Gasteiger partial charge in [0.2, 0.25) is 5.91 Å². The molecule has 0 aromatic rings. The molecule has 1 amide bonds. The minimum atomic E-state index is -0.291. The van der Waals surface area contributed by atoms with E-state index in [1.807, 2.05) is 6.08 Å². The number of nitrogens with one attached hydrogen (secondary N) is 1. The Kier molecular flexibility index (Phi) is 3.24. The van der Waals surface area contributed by atoms with Crippen molar-refractivity contribution in [2.75, 3.05) is 20.1 Å². The average Bonchev–Trinajstić information content (AvgIpc) is 2.36. The van der Waals surface area contributed by atoms with Crippen molar-refractivity contribution in [2.24, 2.45) is 10.1 Å². The van der Waals surface area contributed by atoms with E-state index in [2.05, 4.69) is 27.3 Å². The molecule has 1 fully saturated rings. The fourth-order valence-corrected chi connectivity index (χ4v) is 1.80. The number of allylic oxidation sites excluding steroid dienone is 1. The van der Waals surface area contributed by atoms with E-state index in [0.717, 1.165) is 0 Å². The van der Waals surface area contributed by atoms with Gasteiger partial charge >= 0.3 is 0 Å². The van der Waals surface area contributed by atoms with Gasteiger partial charge in [-0.3, -0.25) is 14.8 Å². The van der Waals surface area contributed by atoms with Crippen LogP contribution in [0.3, 0.4) is 0 Å². The van der Waals surface area contributed by atoms with Crippen molar-refractivity contribution in [2.45, 2.75) is 13.0 Å². The van der Waals surface area contributed by atoms with E-state index >= 15 is 0 Å². The molecule has 0 aliphatic carbocycles. The van der Waals surface area contributed by atoms with Gasteiger partial charge in [-0.05, 0) is 25.0 Å². The highest BCUT2D eigenvalue weighted by atomic mass is 16.2.